The van der Waals surface area contributed by atoms with Crippen LogP contribution in [0.25, 0.3) is 11.0 Å². The highest BCUT2D eigenvalue weighted by molar-refractivity contribution is 5.77. The number of carbonyl (C=O) groups excluding carboxylic acids is 1. The first kappa shape index (κ1) is 16.3. The minimum Gasteiger partial charge on any atom is -0.368 e. The molecule has 1 saturated heterocycles. The van der Waals surface area contributed by atoms with Crippen LogP contribution in [0.5, 0.6) is 0 Å². The first-order valence-electron chi connectivity index (χ1n) is 8.58. The van der Waals surface area contributed by atoms with Gasteiger partial charge >= 0.3 is 0 Å². The normalized spacial score (nSPS) is 14.8. The first-order valence-corrected chi connectivity index (χ1v) is 8.58. The Labute approximate surface area is 150 Å². The second-order valence-corrected chi connectivity index (χ2v) is 6.39. The van der Waals surface area contributed by atoms with Gasteiger partial charge in [-0.05, 0) is 12.1 Å². The topological polar surface area (TPSA) is 76.3 Å². The lowest BCUT2D eigenvalue weighted by Crippen LogP contribution is -2.50. The number of hydrogen-bond donors (Lipinski definition) is 0. The maximum Gasteiger partial charge on any atom is 0.264 e. The zero-order chi connectivity index (χ0) is 18.1. The molecule has 8 nitrogen and oxygen atoms in total. The molecule has 0 unspecified atom stereocenters. The van der Waals surface area contributed by atoms with Crippen LogP contribution < -0.4 is 10.5 Å². The molecule has 0 saturated carbocycles. The fraction of sp³-hybridized carbons (Fsp3) is 0.333. The number of fused-ring (bicyclic) bond motifs is 1. The number of piperazine rings is 1. The van der Waals surface area contributed by atoms with Crippen LogP contribution in [-0.4, -0.2) is 56.3 Å². The van der Waals surface area contributed by atoms with Crippen molar-refractivity contribution < 1.29 is 4.79 Å². The van der Waals surface area contributed by atoms with Gasteiger partial charge in [-0.3, -0.25) is 18.8 Å². The molecule has 1 aromatic carbocycles. The quantitative estimate of drug-likeness (QED) is 0.685. The third kappa shape index (κ3) is 2.94. The molecule has 3 aromatic rings. The van der Waals surface area contributed by atoms with Crippen molar-refractivity contribution in [1.82, 2.24) is 24.2 Å². The van der Waals surface area contributed by atoms with Gasteiger partial charge in [0.1, 0.15) is 18.3 Å². The van der Waals surface area contributed by atoms with E-state index < -0.39 is 0 Å². The third-order valence-electron chi connectivity index (χ3n) is 4.78. The molecule has 1 fully saturated rings. The Morgan fingerprint density at radius 1 is 1.12 bits per heavy atom. The Morgan fingerprint density at radius 2 is 1.85 bits per heavy atom. The van der Waals surface area contributed by atoms with Crippen molar-refractivity contribution in [2.45, 2.75) is 6.54 Å². The van der Waals surface area contributed by atoms with Crippen LogP contribution in [0.3, 0.4) is 0 Å². The highest BCUT2D eigenvalue weighted by Crippen LogP contribution is 2.15. The molecule has 0 N–H and O–H groups in total. The monoisotopic (exact) mass is 352 g/mol. The summed E-state index contributed by atoms with van der Waals surface area (Å²) in [4.78, 5) is 33.4. The maximum absolute atomic E-state index is 12.6. The van der Waals surface area contributed by atoms with Gasteiger partial charge in [0, 0.05) is 38.9 Å². The maximum atomic E-state index is 12.6. The Bertz CT molecular complexity index is 986. The van der Waals surface area contributed by atoms with Gasteiger partial charge in [0.25, 0.3) is 5.56 Å². The number of hydrogen-bond acceptors (Lipinski definition) is 5. The highest BCUT2D eigenvalue weighted by Gasteiger charge is 2.22. The summed E-state index contributed by atoms with van der Waals surface area (Å²) in [5, 5.41) is 4.47. The van der Waals surface area contributed by atoms with E-state index in [1.54, 1.807) is 16.6 Å². The SMILES string of the molecule is Cn1ncc2c(=O)n(CC(=O)N3CCN(c4ccccc4)CC3)cnc21. The summed E-state index contributed by atoms with van der Waals surface area (Å²) in [5.41, 5.74) is 1.46. The van der Waals surface area contributed by atoms with E-state index in [9.17, 15) is 9.59 Å². The molecule has 26 heavy (non-hydrogen) atoms. The van der Waals surface area contributed by atoms with Crippen molar-refractivity contribution in [3.8, 4) is 0 Å². The number of nitrogens with zero attached hydrogens (tertiary/aromatic N) is 6. The first-order chi connectivity index (χ1) is 12.6. The average molecular weight is 352 g/mol. The smallest absolute Gasteiger partial charge is 0.264 e. The van der Waals surface area contributed by atoms with E-state index in [0.717, 1.165) is 13.1 Å². The average Bonchev–Trinajstić information content (AvgIpc) is 3.06. The summed E-state index contributed by atoms with van der Waals surface area (Å²) in [5.74, 6) is -0.0650. The minimum absolute atomic E-state index is 0.00199. The molecule has 0 radical (unpaired) electrons. The fourth-order valence-corrected chi connectivity index (χ4v) is 3.28. The van der Waals surface area contributed by atoms with Crippen LogP contribution in [0.15, 0.2) is 47.7 Å². The van der Waals surface area contributed by atoms with Gasteiger partial charge in [-0.15, -0.1) is 0 Å². The van der Waals surface area contributed by atoms with Crippen molar-refractivity contribution in [1.29, 1.82) is 0 Å². The second-order valence-electron chi connectivity index (χ2n) is 6.39. The summed E-state index contributed by atoms with van der Waals surface area (Å²) >= 11 is 0. The molecule has 0 spiro atoms. The molecule has 1 amide bonds. The van der Waals surface area contributed by atoms with Crippen LogP contribution >= 0.6 is 0 Å². The minimum atomic E-state index is -0.237. The van der Waals surface area contributed by atoms with Crippen molar-refractivity contribution in [3.05, 3.63) is 53.2 Å². The van der Waals surface area contributed by atoms with E-state index in [1.165, 1.54) is 22.8 Å². The van der Waals surface area contributed by atoms with E-state index in [1.807, 2.05) is 18.2 Å². The van der Waals surface area contributed by atoms with Gasteiger partial charge in [-0.2, -0.15) is 5.10 Å². The van der Waals surface area contributed by atoms with E-state index in [0.29, 0.717) is 24.1 Å². The fourth-order valence-electron chi connectivity index (χ4n) is 3.28. The zero-order valence-corrected chi connectivity index (χ0v) is 14.6. The largest absolute Gasteiger partial charge is 0.368 e. The molecule has 1 aliphatic rings. The number of benzene rings is 1. The molecule has 1 aliphatic heterocycles. The van der Waals surface area contributed by atoms with Crippen LogP contribution in [0.1, 0.15) is 0 Å². The molecule has 134 valence electrons. The Hall–Kier alpha value is -3.16. The number of rotatable bonds is 3. The van der Waals surface area contributed by atoms with Gasteiger partial charge in [0.2, 0.25) is 5.91 Å². The van der Waals surface area contributed by atoms with Crippen LogP contribution in [0.4, 0.5) is 5.69 Å². The zero-order valence-electron chi connectivity index (χ0n) is 14.6. The van der Waals surface area contributed by atoms with Crippen LogP contribution in [-0.2, 0) is 18.4 Å². The number of amides is 1. The van der Waals surface area contributed by atoms with E-state index in [2.05, 4.69) is 27.1 Å². The predicted molar refractivity (Wildman–Crippen MR) is 98.0 cm³/mol. The Balaban J connectivity index is 1.43. The van der Waals surface area contributed by atoms with Crippen molar-refractivity contribution in [2.75, 3.05) is 31.1 Å². The highest BCUT2D eigenvalue weighted by atomic mass is 16.2. The summed E-state index contributed by atoms with van der Waals surface area (Å²) in [6.07, 6.45) is 2.91. The number of anilines is 1. The molecule has 8 heteroatoms. The summed E-state index contributed by atoms with van der Waals surface area (Å²) in [6.45, 7) is 2.85. The molecule has 3 heterocycles. The molecular formula is C18H20N6O2. The molecule has 2 aromatic heterocycles. The standard InChI is InChI=1S/C18H20N6O2/c1-21-17-15(11-20-21)18(26)24(13-19-17)12-16(25)23-9-7-22(8-10-23)14-5-3-2-4-6-14/h2-6,11,13H,7-10,12H2,1H3. The molecule has 0 bridgehead atoms. The summed E-state index contributed by atoms with van der Waals surface area (Å²) < 4.78 is 2.90. The Kier molecular flexibility index (Phi) is 4.16. The van der Waals surface area contributed by atoms with E-state index >= 15 is 0 Å². The number of carbonyl (C=O) groups is 1. The lowest BCUT2D eigenvalue weighted by Gasteiger charge is -2.36. The van der Waals surface area contributed by atoms with Crippen LogP contribution in [0, 0.1) is 0 Å². The number of aromatic nitrogens is 4. The molecule has 0 aliphatic carbocycles. The van der Waals surface area contributed by atoms with Gasteiger partial charge in [0.15, 0.2) is 5.65 Å². The molecular weight excluding hydrogens is 332 g/mol. The second kappa shape index (κ2) is 6.62. The van der Waals surface area contributed by atoms with E-state index in [4.69, 9.17) is 0 Å². The van der Waals surface area contributed by atoms with Gasteiger partial charge in [-0.25, -0.2) is 4.98 Å². The summed E-state index contributed by atoms with van der Waals surface area (Å²) in [7, 11) is 1.73. The lowest BCUT2D eigenvalue weighted by molar-refractivity contribution is -0.132. The van der Waals surface area contributed by atoms with Crippen molar-refractivity contribution in [2.24, 2.45) is 7.05 Å². The number of aryl methyl sites for hydroxylation is 1. The van der Waals surface area contributed by atoms with E-state index in [-0.39, 0.29) is 18.0 Å². The molecule has 4 rings (SSSR count). The lowest BCUT2D eigenvalue weighted by atomic mass is 10.2. The third-order valence-corrected chi connectivity index (χ3v) is 4.78. The number of para-hydroxylation sites is 1. The van der Waals surface area contributed by atoms with Crippen molar-refractivity contribution in [3.63, 3.8) is 0 Å². The molecule has 0 atom stereocenters. The van der Waals surface area contributed by atoms with Gasteiger partial charge in [-0.1, -0.05) is 18.2 Å². The van der Waals surface area contributed by atoms with Gasteiger partial charge in [0.05, 0.1) is 6.20 Å². The summed E-state index contributed by atoms with van der Waals surface area (Å²) in [6, 6.07) is 10.2. The van der Waals surface area contributed by atoms with Crippen molar-refractivity contribution >= 4 is 22.6 Å². The predicted octanol–water partition coefficient (Wildman–Crippen LogP) is 0.479. The van der Waals surface area contributed by atoms with Gasteiger partial charge < -0.3 is 9.80 Å². The Morgan fingerprint density at radius 3 is 2.58 bits per heavy atom. The van der Waals surface area contributed by atoms with Crippen LogP contribution in [0.2, 0.25) is 0 Å².